The molecule has 3 atom stereocenters. The summed E-state index contributed by atoms with van der Waals surface area (Å²) >= 11 is 7.41. The number of amides is 1. The smallest absolute Gasteiger partial charge is 0.410 e. The third-order valence-corrected chi connectivity index (χ3v) is 13.1. The van der Waals surface area contributed by atoms with Crippen molar-refractivity contribution in [3.63, 3.8) is 0 Å². The number of piperazine rings is 1. The Morgan fingerprint density at radius 2 is 1.45 bits per heavy atom. The Bertz CT molecular complexity index is 2790. The molecule has 0 spiro atoms. The van der Waals surface area contributed by atoms with Gasteiger partial charge in [0.05, 0.1) is 22.8 Å². The molecule has 342 valence electrons. The molecule has 4 heterocycles. The van der Waals surface area contributed by atoms with Gasteiger partial charge in [0, 0.05) is 60.2 Å². The van der Waals surface area contributed by atoms with E-state index < -0.39 is 17.0 Å². The third-order valence-electron chi connectivity index (χ3n) is 12.8. The van der Waals surface area contributed by atoms with Crippen molar-refractivity contribution in [2.45, 2.75) is 77.8 Å². The number of fused-ring (bicyclic) bond motifs is 2. The molecule has 2 fully saturated rings. The van der Waals surface area contributed by atoms with Crippen LogP contribution in [0.3, 0.4) is 0 Å². The first-order chi connectivity index (χ1) is 31.6. The van der Waals surface area contributed by atoms with E-state index in [0.717, 1.165) is 39.7 Å². The average Bonchev–Trinajstić information content (AvgIpc) is 3.63. The summed E-state index contributed by atoms with van der Waals surface area (Å²) in [5.41, 5.74) is 4.72. The standard InChI is InChI=1S/C53H57ClFN7O4/c1-33-24-25-43-45(36(4)58-62(43)53(37-18-12-9-13-19-37,38-20-14-10-15-21-38)39-22-16-11-17-23-39)44(33)46-42(54)28-41-48(47(46)55)56-50(65-32-40-31-59(8)26-27-64-40)57-49(41)60-29-35(3)61(30-34(60)2)51(63)66-52(5,6)7/h9-25,28,34-35,40H,26-27,29-32H2,1-8H3/t34-,35+,40+/m0/s1. The molecular weight excluding hydrogens is 853 g/mol. The average molecular weight is 911 g/mol. The van der Waals surface area contributed by atoms with Gasteiger partial charge < -0.3 is 28.9 Å². The van der Waals surface area contributed by atoms with Gasteiger partial charge in [0.15, 0.2) is 5.82 Å². The summed E-state index contributed by atoms with van der Waals surface area (Å²) in [6.45, 7) is 16.5. The molecule has 11 nitrogen and oxygen atoms in total. The van der Waals surface area contributed by atoms with E-state index in [9.17, 15) is 4.79 Å². The van der Waals surface area contributed by atoms with Crippen LogP contribution in [0.4, 0.5) is 15.0 Å². The SMILES string of the molecule is Cc1ccc2c(c(C)nn2C(c2ccccc2)(c2ccccc2)c2ccccc2)c1-c1c(Cl)cc2c(N3C[C@@H](C)N(C(=O)OC(C)(C)C)C[C@@H]3C)nc(OC[C@H]3CN(C)CCO3)nc2c1F. The van der Waals surface area contributed by atoms with E-state index in [1.54, 1.807) is 11.0 Å². The molecule has 0 unspecified atom stereocenters. The fraction of sp³-hybridized carbons (Fsp3) is 0.358. The van der Waals surface area contributed by atoms with Crippen LogP contribution < -0.4 is 9.64 Å². The first-order valence-electron chi connectivity index (χ1n) is 22.7. The lowest BCUT2D eigenvalue weighted by Crippen LogP contribution is -2.59. The Kier molecular flexibility index (Phi) is 12.3. The number of nitrogens with zero attached hydrogens (tertiary/aromatic N) is 7. The fourth-order valence-corrected chi connectivity index (χ4v) is 10.1. The highest BCUT2D eigenvalue weighted by Crippen LogP contribution is 2.47. The Morgan fingerprint density at radius 1 is 0.833 bits per heavy atom. The number of anilines is 1. The molecule has 66 heavy (non-hydrogen) atoms. The largest absolute Gasteiger partial charge is 0.461 e. The minimum absolute atomic E-state index is 0.0215. The lowest BCUT2D eigenvalue weighted by Gasteiger charge is -2.45. The zero-order valence-corrected chi connectivity index (χ0v) is 39.6. The van der Waals surface area contributed by atoms with Crippen LogP contribution in [0.25, 0.3) is 32.9 Å². The molecule has 2 saturated heterocycles. The Labute approximate surface area is 391 Å². The number of aromatic nitrogens is 4. The van der Waals surface area contributed by atoms with Crippen molar-refractivity contribution in [1.29, 1.82) is 0 Å². The van der Waals surface area contributed by atoms with Crippen LogP contribution in [0.15, 0.2) is 109 Å². The number of rotatable bonds is 9. The molecule has 0 aliphatic carbocycles. The van der Waals surface area contributed by atoms with Crippen LogP contribution in [0.5, 0.6) is 6.01 Å². The predicted molar refractivity (Wildman–Crippen MR) is 259 cm³/mol. The van der Waals surface area contributed by atoms with E-state index in [1.165, 1.54) is 0 Å². The predicted octanol–water partition coefficient (Wildman–Crippen LogP) is 10.4. The second-order valence-electron chi connectivity index (χ2n) is 18.8. The molecule has 0 N–H and O–H groups in total. The zero-order chi connectivity index (χ0) is 46.5. The number of halogens is 2. The van der Waals surface area contributed by atoms with E-state index in [-0.39, 0.29) is 53.0 Å². The highest BCUT2D eigenvalue weighted by Gasteiger charge is 2.42. The zero-order valence-electron chi connectivity index (χ0n) is 38.9. The maximum atomic E-state index is 18.2. The highest BCUT2D eigenvalue weighted by atomic mass is 35.5. The molecule has 2 aliphatic heterocycles. The number of hydrogen-bond donors (Lipinski definition) is 0. The first kappa shape index (κ1) is 45.1. The molecule has 1 amide bonds. The molecule has 0 saturated carbocycles. The van der Waals surface area contributed by atoms with Crippen LogP contribution in [0, 0.1) is 19.7 Å². The van der Waals surface area contributed by atoms with Gasteiger partial charge in [-0.2, -0.15) is 15.1 Å². The van der Waals surface area contributed by atoms with Gasteiger partial charge in [-0.15, -0.1) is 0 Å². The van der Waals surface area contributed by atoms with Crippen molar-refractivity contribution in [3.8, 4) is 17.1 Å². The minimum Gasteiger partial charge on any atom is -0.461 e. The molecule has 13 heteroatoms. The van der Waals surface area contributed by atoms with Gasteiger partial charge in [-0.3, -0.25) is 0 Å². The van der Waals surface area contributed by atoms with E-state index in [0.29, 0.717) is 48.7 Å². The lowest BCUT2D eigenvalue weighted by atomic mass is 9.77. The molecule has 0 bridgehead atoms. The van der Waals surface area contributed by atoms with Crippen molar-refractivity contribution in [3.05, 3.63) is 148 Å². The normalized spacial score (nSPS) is 18.5. The van der Waals surface area contributed by atoms with Crippen molar-refractivity contribution in [2.24, 2.45) is 0 Å². The second-order valence-corrected chi connectivity index (χ2v) is 19.2. The van der Waals surface area contributed by atoms with Crippen LogP contribution >= 0.6 is 11.6 Å². The molecule has 5 aromatic carbocycles. The number of benzene rings is 5. The van der Waals surface area contributed by atoms with Crippen LogP contribution in [-0.4, -0.2) is 106 Å². The minimum atomic E-state index is -0.916. The van der Waals surface area contributed by atoms with Crippen molar-refractivity contribution < 1.29 is 23.4 Å². The van der Waals surface area contributed by atoms with Gasteiger partial charge in [-0.1, -0.05) is 109 Å². The third kappa shape index (κ3) is 8.24. The molecule has 2 aliphatic rings. The van der Waals surface area contributed by atoms with Gasteiger partial charge in [0.25, 0.3) is 0 Å². The summed E-state index contributed by atoms with van der Waals surface area (Å²) < 4.78 is 38.4. The number of hydrogen-bond acceptors (Lipinski definition) is 9. The summed E-state index contributed by atoms with van der Waals surface area (Å²) in [7, 11) is 2.04. The van der Waals surface area contributed by atoms with Gasteiger partial charge in [-0.25, -0.2) is 13.9 Å². The quantitative estimate of drug-likeness (QED) is 0.131. The van der Waals surface area contributed by atoms with Crippen molar-refractivity contribution in [1.82, 2.24) is 29.5 Å². The maximum absolute atomic E-state index is 18.2. The van der Waals surface area contributed by atoms with Crippen LogP contribution in [0.2, 0.25) is 5.02 Å². The van der Waals surface area contributed by atoms with Crippen molar-refractivity contribution >= 4 is 45.3 Å². The monoisotopic (exact) mass is 909 g/mol. The number of likely N-dealkylation sites (N-methyl/N-ethyl adjacent to an activating group) is 1. The number of carbonyl (C=O) groups excluding carboxylic acids is 1. The van der Waals surface area contributed by atoms with E-state index in [1.807, 2.05) is 116 Å². The van der Waals surface area contributed by atoms with E-state index >= 15 is 4.39 Å². The van der Waals surface area contributed by atoms with Crippen LogP contribution in [-0.2, 0) is 15.0 Å². The summed E-state index contributed by atoms with van der Waals surface area (Å²) in [6, 6.07) is 36.5. The molecule has 7 aromatic rings. The number of carbonyl (C=O) groups is 1. The second kappa shape index (κ2) is 18.0. The highest BCUT2D eigenvalue weighted by molar-refractivity contribution is 6.35. The van der Waals surface area contributed by atoms with Gasteiger partial charge >= 0.3 is 12.1 Å². The number of aryl methyl sites for hydroxylation is 2. The summed E-state index contributed by atoms with van der Waals surface area (Å²) in [4.78, 5) is 29.2. The van der Waals surface area contributed by atoms with E-state index in [4.69, 9.17) is 40.9 Å². The molecule has 2 aromatic heterocycles. The van der Waals surface area contributed by atoms with E-state index in [2.05, 4.69) is 56.9 Å². The Morgan fingerprint density at radius 3 is 2.05 bits per heavy atom. The summed E-state index contributed by atoms with van der Waals surface area (Å²) in [6.07, 6.45) is -0.603. The summed E-state index contributed by atoms with van der Waals surface area (Å²) in [5.74, 6) is -0.138. The Hall–Kier alpha value is -6.08. The van der Waals surface area contributed by atoms with Gasteiger partial charge in [-0.05, 0) is 89.9 Å². The number of ether oxygens (including phenoxy) is 3. The van der Waals surface area contributed by atoms with Gasteiger partial charge in [0.1, 0.15) is 35.2 Å². The summed E-state index contributed by atoms with van der Waals surface area (Å²) in [5, 5.41) is 6.81. The van der Waals surface area contributed by atoms with Crippen LogP contribution in [0.1, 0.15) is 62.6 Å². The molecule has 0 radical (unpaired) electrons. The first-order valence-corrected chi connectivity index (χ1v) is 23.1. The molecule has 9 rings (SSSR count). The topological polar surface area (TPSA) is 98.1 Å². The Balaban J connectivity index is 1.23. The lowest BCUT2D eigenvalue weighted by molar-refractivity contribution is -0.0416. The maximum Gasteiger partial charge on any atom is 0.410 e. The number of morpholine rings is 1. The molecular formula is C53H57ClFN7O4. The fourth-order valence-electron chi connectivity index (χ4n) is 9.78. The van der Waals surface area contributed by atoms with Crippen molar-refractivity contribution in [2.75, 3.05) is 51.3 Å². The van der Waals surface area contributed by atoms with Gasteiger partial charge in [0.2, 0.25) is 0 Å².